The molecule has 16 heavy (non-hydrogen) atoms. The molecule has 1 aromatic carbocycles. The standard InChI is InChI=1S/C13H18O3/c1-3-5-12(14)10-6-8-11(9-7-10)13(15,16)4-2/h6-9,15-16H,3-5H2,1-2H3. The molecule has 0 heterocycles. The number of aliphatic hydroxyl groups is 2. The number of carbonyl (C=O) groups excluding carboxylic acids is 1. The fourth-order valence-electron chi connectivity index (χ4n) is 1.50. The lowest BCUT2D eigenvalue weighted by molar-refractivity contribution is -0.171. The van der Waals surface area contributed by atoms with Crippen molar-refractivity contribution in [2.24, 2.45) is 0 Å². The van der Waals surface area contributed by atoms with Gasteiger partial charge in [0.2, 0.25) is 0 Å². The summed E-state index contributed by atoms with van der Waals surface area (Å²) in [5, 5.41) is 19.2. The van der Waals surface area contributed by atoms with Gasteiger partial charge in [-0.15, -0.1) is 0 Å². The van der Waals surface area contributed by atoms with Crippen LogP contribution in [0.25, 0.3) is 0 Å². The molecule has 0 aliphatic carbocycles. The Balaban J connectivity index is 2.87. The number of hydrogen-bond donors (Lipinski definition) is 2. The molecule has 0 bridgehead atoms. The molecule has 0 aliphatic heterocycles. The Bertz CT molecular complexity index is 352. The third-order valence-corrected chi connectivity index (χ3v) is 2.64. The second-order valence-corrected chi connectivity index (χ2v) is 3.92. The highest BCUT2D eigenvalue weighted by atomic mass is 16.5. The third-order valence-electron chi connectivity index (χ3n) is 2.64. The molecular formula is C13H18O3. The van der Waals surface area contributed by atoms with Gasteiger partial charge in [0.25, 0.3) is 0 Å². The van der Waals surface area contributed by atoms with Gasteiger partial charge in [-0.25, -0.2) is 0 Å². The van der Waals surface area contributed by atoms with Crippen molar-refractivity contribution in [2.75, 3.05) is 0 Å². The van der Waals surface area contributed by atoms with E-state index in [-0.39, 0.29) is 12.2 Å². The Kier molecular flexibility index (Phi) is 4.21. The molecule has 88 valence electrons. The van der Waals surface area contributed by atoms with Crippen molar-refractivity contribution in [3.05, 3.63) is 35.4 Å². The maximum absolute atomic E-state index is 11.6. The van der Waals surface area contributed by atoms with Crippen LogP contribution in [-0.4, -0.2) is 16.0 Å². The lowest BCUT2D eigenvalue weighted by Crippen LogP contribution is -2.23. The van der Waals surface area contributed by atoms with E-state index >= 15 is 0 Å². The summed E-state index contributed by atoms with van der Waals surface area (Å²) in [5.41, 5.74) is 1.04. The van der Waals surface area contributed by atoms with Crippen molar-refractivity contribution in [1.82, 2.24) is 0 Å². The van der Waals surface area contributed by atoms with Crippen LogP contribution in [0.5, 0.6) is 0 Å². The van der Waals surface area contributed by atoms with E-state index < -0.39 is 5.79 Å². The third kappa shape index (κ3) is 2.90. The van der Waals surface area contributed by atoms with Crippen LogP contribution in [0.3, 0.4) is 0 Å². The van der Waals surface area contributed by atoms with Crippen LogP contribution in [0.2, 0.25) is 0 Å². The molecule has 0 unspecified atom stereocenters. The number of carbonyl (C=O) groups is 1. The monoisotopic (exact) mass is 222 g/mol. The summed E-state index contributed by atoms with van der Waals surface area (Å²) < 4.78 is 0. The van der Waals surface area contributed by atoms with Crippen LogP contribution in [0.1, 0.15) is 49.0 Å². The van der Waals surface area contributed by atoms with E-state index in [1.165, 1.54) is 0 Å². The second kappa shape index (κ2) is 5.23. The Morgan fingerprint density at radius 3 is 2.19 bits per heavy atom. The Hall–Kier alpha value is -1.19. The molecule has 2 N–H and O–H groups in total. The Labute approximate surface area is 95.7 Å². The Morgan fingerprint density at radius 2 is 1.75 bits per heavy atom. The number of Topliss-reactive ketones (excluding diaryl/α,β-unsaturated/α-hetero) is 1. The van der Waals surface area contributed by atoms with E-state index in [0.717, 1.165) is 6.42 Å². The molecule has 0 saturated heterocycles. The molecule has 0 amide bonds. The summed E-state index contributed by atoms with van der Waals surface area (Å²) >= 11 is 0. The first-order valence-corrected chi connectivity index (χ1v) is 5.59. The molecule has 1 rings (SSSR count). The van der Waals surface area contributed by atoms with Crippen LogP contribution in [0, 0.1) is 0 Å². The number of hydrogen-bond acceptors (Lipinski definition) is 3. The fourth-order valence-corrected chi connectivity index (χ4v) is 1.50. The predicted octanol–water partition coefficient (Wildman–Crippen LogP) is 2.22. The fraction of sp³-hybridized carbons (Fsp3) is 0.462. The van der Waals surface area contributed by atoms with Crippen LogP contribution >= 0.6 is 0 Å². The van der Waals surface area contributed by atoms with Gasteiger partial charge >= 0.3 is 0 Å². The molecule has 0 atom stereocenters. The molecule has 3 heteroatoms. The highest BCUT2D eigenvalue weighted by molar-refractivity contribution is 5.96. The molecular weight excluding hydrogens is 204 g/mol. The average Bonchev–Trinajstić information content (AvgIpc) is 2.29. The summed E-state index contributed by atoms with van der Waals surface area (Å²) in [5.74, 6) is -1.71. The van der Waals surface area contributed by atoms with Crippen molar-refractivity contribution in [2.45, 2.75) is 38.9 Å². The largest absolute Gasteiger partial charge is 0.362 e. The highest BCUT2D eigenvalue weighted by Gasteiger charge is 2.22. The van der Waals surface area contributed by atoms with Crippen LogP contribution in [0.15, 0.2) is 24.3 Å². The molecule has 0 aromatic heterocycles. The van der Waals surface area contributed by atoms with Gasteiger partial charge in [0.1, 0.15) is 0 Å². The minimum atomic E-state index is -1.80. The van der Waals surface area contributed by atoms with Gasteiger partial charge in [0.05, 0.1) is 0 Å². The van der Waals surface area contributed by atoms with Crippen LogP contribution in [-0.2, 0) is 5.79 Å². The van der Waals surface area contributed by atoms with Crippen molar-refractivity contribution in [3.63, 3.8) is 0 Å². The topological polar surface area (TPSA) is 57.5 Å². The maximum atomic E-state index is 11.6. The van der Waals surface area contributed by atoms with E-state index in [1.54, 1.807) is 31.2 Å². The lowest BCUT2D eigenvalue weighted by atomic mass is 9.99. The van der Waals surface area contributed by atoms with Gasteiger partial charge in [0, 0.05) is 24.0 Å². The van der Waals surface area contributed by atoms with Gasteiger partial charge in [0.15, 0.2) is 11.6 Å². The summed E-state index contributed by atoms with van der Waals surface area (Å²) in [4.78, 5) is 11.6. The normalized spacial score (nSPS) is 11.5. The van der Waals surface area contributed by atoms with Crippen molar-refractivity contribution in [1.29, 1.82) is 0 Å². The Morgan fingerprint density at radius 1 is 1.19 bits per heavy atom. The predicted molar refractivity (Wildman–Crippen MR) is 62.1 cm³/mol. The molecule has 0 fully saturated rings. The summed E-state index contributed by atoms with van der Waals surface area (Å²) in [7, 11) is 0. The first-order chi connectivity index (χ1) is 7.51. The first kappa shape index (κ1) is 12.9. The molecule has 0 radical (unpaired) electrons. The molecule has 1 aromatic rings. The number of benzene rings is 1. The van der Waals surface area contributed by atoms with E-state index in [9.17, 15) is 15.0 Å². The van der Waals surface area contributed by atoms with Crippen molar-refractivity contribution < 1.29 is 15.0 Å². The van der Waals surface area contributed by atoms with Gasteiger partial charge in [-0.1, -0.05) is 38.1 Å². The zero-order valence-electron chi connectivity index (χ0n) is 9.73. The van der Waals surface area contributed by atoms with Crippen molar-refractivity contribution >= 4 is 5.78 Å². The second-order valence-electron chi connectivity index (χ2n) is 3.92. The van der Waals surface area contributed by atoms with E-state index in [1.807, 2.05) is 6.92 Å². The smallest absolute Gasteiger partial charge is 0.189 e. The lowest BCUT2D eigenvalue weighted by Gasteiger charge is -2.20. The number of ketones is 1. The summed E-state index contributed by atoms with van der Waals surface area (Å²) in [6.07, 6.45) is 1.56. The van der Waals surface area contributed by atoms with Gasteiger partial charge < -0.3 is 10.2 Å². The van der Waals surface area contributed by atoms with E-state index in [2.05, 4.69) is 0 Å². The average molecular weight is 222 g/mol. The van der Waals surface area contributed by atoms with E-state index in [0.29, 0.717) is 17.5 Å². The van der Waals surface area contributed by atoms with Crippen LogP contribution < -0.4 is 0 Å². The molecule has 0 saturated carbocycles. The maximum Gasteiger partial charge on any atom is 0.189 e. The quantitative estimate of drug-likeness (QED) is 0.593. The van der Waals surface area contributed by atoms with Gasteiger partial charge in [-0.3, -0.25) is 4.79 Å². The van der Waals surface area contributed by atoms with Gasteiger partial charge in [-0.2, -0.15) is 0 Å². The van der Waals surface area contributed by atoms with Crippen LogP contribution in [0.4, 0.5) is 0 Å². The summed E-state index contributed by atoms with van der Waals surface area (Å²) in [6.45, 7) is 3.64. The minimum Gasteiger partial charge on any atom is -0.362 e. The SMILES string of the molecule is CCCC(=O)c1ccc(C(O)(O)CC)cc1. The zero-order valence-corrected chi connectivity index (χ0v) is 9.73. The molecule has 0 aliphatic rings. The molecule has 3 nitrogen and oxygen atoms in total. The minimum absolute atomic E-state index is 0.0898. The summed E-state index contributed by atoms with van der Waals surface area (Å²) in [6, 6.07) is 6.47. The zero-order chi connectivity index (χ0) is 12.2. The highest BCUT2D eigenvalue weighted by Crippen LogP contribution is 2.22. The first-order valence-electron chi connectivity index (χ1n) is 5.59. The number of rotatable bonds is 5. The van der Waals surface area contributed by atoms with E-state index in [4.69, 9.17) is 0 Å². The molecule has 0 spiro atoms. The van der Waals surface area contributed by atoms with Gasteiger partial charge in [-0.05, 0) is 6.42 Å². The van der Waals surface area contributed by atoms with Crippen molar-refractivity contribution in [3.8, 4) is 0 Å².